The fraction of sp³-hybridized carbons (Fsp3) is 0.200. The van der Waals surface area contributed by atoms with Crippen LogP contribution in [0.1, 0.15) is 5.82 Å². The number of benzene rings is 1. The highest BCUT2D eigenvalue weighted by Gasteiger charge is 2.22. The van der Waals surface area contributed by atoms with Crippen LogP contribution >= 0.6 is 12.2 Å². The molecule has 0 saturated carbocycles. The van der Waals surface area contributed by atoms with Crippen LogP contribution in [-0.2, 0) is 7.05 Å². The van der Waals surface area contributed by atoms with Crippen LogP contribution in [0, 0.1) is 31.8 Å². The number of rotatable bonds is 2. The highest BCUT2D eigenvalue weighted by atomic mass is 32.1. The van der Waals surface area contributed by atoms with Crippen molar-refractivity contribution in [1.82, 2.24) is 9.55 Å². The topological polar surface area (TPSA) is 104 Å². The lowest BCUT2D eigenvalue weighted by Gasteiger charge is -2.09. The Morgan fingerprint density at radius 3 is 2.42 bits per heavy atom. The molecule has 2 rings (SSSR count). The molecule has 0 aliphatic rings. The van der Waals surface area contributed by atoms with Gasteiger partial charge >= 0.3 is 5.69 Å². The second kappa shape index (κ2) is 4.35. The summed E-state index contributed by atoms with van der Waals surface area (Å²) in [6.45, 7) is 1.65. The number of aromatic nitrogens is 2. The number of hydrogen-bond acceptors (Lipinski definition) is 6. The Morgan fingerprint density at radius 2 is 1.89 bits per heavy atom. The van der Waals surface area contributed by atoms with Gasteiger partial charge in [0.1, 0.15) is 16.0 Å². The normalized spacial score (nSPS) is 10.6. The zero-order valence-electron chi connectivity index (χ0n) is 9.98. The molecule has 0 aliphatic carbocycles. The summed E-state index contributed by atoms with van der Waals surface area (Å²) >= 11 is 5.02. The van der Waals surface area contributed by atoms with Gasteiger partial charge in [-0.1, -0.05) is 12.2 Å². The van der Waals surface area contributed by atoms with Gasteiger partial charge in [-0.05, 0) is 6.92 Å². The predicted molar refractivity (Wildman–Crippen MR) is 69.6 cm³/mol. The van der Waals surface area contributed by atoms with Crippen molar-refractivity contribution in [2.45, 2.75) is 6.92 Å². The van der Waals surface area contributed by atoms with Gasteiger partial charge in [0.15, 0.2) is 0 Å². The minimum atomic E-state index is -0.693. The fourth-order valence-corrected chi connectivity index (χ4v) is 2.10. The average molecular weight is 280 g/mol. The summed E-state index contributed by atoms with van der Waals surface area (Å²) < 4.78 is 1.60. The molecule has 0 radical (unpaired) electrons. The van der Waals surface area contributed by atoms with Gasteiger partial charge in [-0.3, -0.25) is 20.2 Å². The molecule has 0 N–H and O–H groups in total. The van der Waals surface area contributed by atoms with Gasteiger partial charge in [0, 0.05) is 18.5 Å². The summed E-state index contributed by atoms with van der Waals surface area (Å²) in [5, 5.41) is 22.1. The molecule has 8 nitrogen and oxygen atoms in total. The molecule has 0 bridgehead atoms. The van der Waals surface area contributed by atoms with Crippen LogP contribution in [0.4, 0.5) is 11.4 Å². The van der Waals surface area contributed by atoms with E-state index in [1.54, 1.807) is 14.0 Å². The van der Waals surface area contributed by atoms with E-state index in [2.05, 4.69) is 4.98 Å². The quantitative estimate of drug-likeness (QED) is 0.475. The van der Waals surface area contributed by atoms with Gasteiger partial charge in [-0.15, -0.1) is 0 Å². The number of fused-ring (bicyclic) bond motifs is 1. The molecule has 0 fully saturated rings. The monoisotopic (exact) mass is 280 g/mol. The van der Waals surface area contributed by atoms with E-state index in [-0.39, 0.29) is 26.9 Å². The van der Waals surface area contributed by atoms with E-state index in [0.29, 0.717) is 5.82 Å². The van der Waals surface area contributed by atoms with Crippen LogP contribution < -0.4 is 0 Å². The minimum absolute atomic E-state index is 0.109. The lowest BCUT2D eigenvalue weighted by Crippen LogP contribution is -2.05. The van der Waals surface area contributed by atoms with Gasteiger partial charge in [-0.25, -0.2) is 4.98 Å². The first-order valence-electron chi connectivity index (χ1n) is 5.13. The Kier molecular flexibility index (Phi) is 2.98. The van der Waals surface area contributed by atoms with Crippen LogP contribution in [0.25, 0.3) is 10.9 Å². The number of nitrogens with zero attached hydrogens (tertiary/aromatic N) is 4. The van der Waals surface area contributed by atoms with E-state index in [9.17, 15) is 20.2 Å². The number of nitro groups is 2. The standard InChI is InChI=1S/C10H8N4O4S/c1-5-11-10(19)7-3-6(13(15)16)4-8(14(17)18)9(7)12(5)2/h3-4H,1-2H3. The van der Waals surface area contributed by atoms with E-state index in [1.807, 2.05) is 0 Å². The molecule has 0 spiro atoms. The smallest absolute Gasteiger partial charge is 0.300 e. The second-order valence-electron chi connectivity index (χ2n) is 3.90. The second-order valence-corrected chi connectivity index (χ2v) is 4.29. The van der Waals surface area contributed by atoms with Crippen molar-refractivity contribution in [2.24, 2.45) is 7.05 Å². The van der Waals surface area contributed by atoms with E-state index in [0.717, 1.165) is 6.07 Å². The highest BCUT2D eigenvalue weighted by Crippen LogP contribution is 2.31. The van der Waals surface area contributed by atoms with Crippen LogP contribution in [0.5, 0.6) is 0 Å². The van der Waals surface area contributed by atoms with E-state index in [1.165, 1.54) is 10.6 Å². The molecular weight excluding hydrogens is 272 g/mol. The summed E-state index contributed by atoms with van der Waals surface area (Å²) in [4.78, 5) is 24.6. The lowest BCUT2D eigenvalue weighted by atomic mass is 10.2. The third-order valence-corrected chi connectivity index (χ3v) is 3.11. The number of non-ortho nitro benzene ring substituents is 2. The predicted octanol–water partition coefficient (Wildman–Crippen LogP) is 2.43. The van der Waals surface area contributed by atoms with Gasteiger partial charge < -0.3 is 4.57 Å². The van der Waals surface area contributed by atoms with Crippen LogP contribution in [0.2, 0.25) is 0 Å². The summed E-state index contributed by atoms with van der Waals surface area (Å²) in [7, 11) is 1.60. The van der Waals surface area contributed by atoms with Crippen molar-refractivity contribution in [1.29, 1.82) is 0 Å². The van der Waals surface area contributed by atoms with Crippen molar-refractivity contribution in [3.63, 3.8) is 0 Å². The molecule has 98 valence electrons. The highest BCUT2D eigenvalue weighted by molar-refractivity contribution is 7.71. The Labute approximate surface area is 111 Å². The fourth-order valence-electron chi connectivity index (χ4n) is 1.81. The molecular formula is C10H8N4O4S. The summed E-state index contributed by atoms with van der Waals surface area (Å²) in [5.74, 6) is 0.495. The Hall–Kier alpha value is -2.42. The minimum Gasteiger partial charge on any atom is -0.327 e. The van der Waals surface area contributed by atoms with Gasteiger partial charge in [-0.2, -0.15) is 0 Å². The maximum atomic E-state index is 11.1. The molecule has 0 unspecified atom stereocenters. The third-order valence-electron chi connectivity index (χ3n) is 2.80. The molecule has 1 aromatic heterocycles. The number of hydrogen-bond donors (Lipinski definition) is 0. The van der Waals surface area contributed by atoms with E-state index >= 15 is 0 Å². The first-order chi connectivity index (χ1) is 8.82. The Morgan fingerprint density at radius 1 is 1.26 bits per heavy atom. The van der Waals surface area contributed by atoms with Crippen molar-refractivity contribution in [3.8, 4) is 0 Å². The maximum Gasteiger partial charge on any atom is 0.300 e. The maximum absolute atomic E-state index is 11.1. The van der Waals surface area contributed by atoms with Crippen molar-refractivity contribution < 1.29 is 9.85 Å². The van der Waals surface area contributed by atoms with Crippen molar-refractivity contribution in [2.75, 3.05) is 0 Å². The molecule has 0 atom stereocenters. The van der Waals surface area contributed by atoms with E-state index < -0.39 is 9.85 Å². The van der Waals surface area contributed by atoms with Crippen LogP contribution in [0.15, 0.2) is 12.1 Å². The van der Waals surface area contributed by atoms with Gasteiger partial charge in [0.25, 0.3) is 5.69 Å². The zero-order chi connectivity index (χ0) is 14.3. The molecule has 0 amide bonds. The Bertz CT molecular complexity index is 783. The largest absolute Gasteiger partial charge is 0.327 e. The van der Waals surface area contributed by atoms with Gasteiger partial charge in [0.2, 0.25) is 0 Å². The third kappa shape index (κ3) is 2.03. The molecule has 0 saturated heterocycles. The molecule has 1 heterocycles. The summed E-state index contributed by atoms with van der Waals surface area (Å²) in [5.41, 5.74) is -0.507. The average Bonchev–Trinajstić information content (AvgIpc) is 2.34. The van der Waals surface area contributed by atoms with Crippen molar-refractivity contribution >= 4 is 34.5 Å². The zero-order valence-corrected chi connectivity index (χ0v) is 10.8. The van der Waals surface area contributed by atoms with Crippen LogP contribution in [-0.4, -0.2) is 19.4 Å². The number of aryl methyl sites for hydroxylation is 2. The molecule has 2 aromatic rings. The Balaban J connectivity index is 3.08. The first kappa shape index (κ1) is 13.0. The summed E-state index contributed by atoms with van der Waals surface area (Å²) in [6.07, 6.45) is 0. The van der Waals surface area contributed by atoms with Crippen LogP contribution in [0.3, 0.4) is 0 Å². The number of nitro benzene ring substituents is 2. The molecule has 19 heavy (non-hydrogen) atoms. The molecule has 1 aromatic carbocycles. The molecule has 9 heteroatoms. The SMILES string of the molecule is Cc1nc(=S)c2cc([N+](=O)[O-])cc([N+](=O)[O-])c2n1C. The van der Waals surface area contributed by atoms with Gasteiger partial charge in [0.05, 0.1) is 15.9 Å². The molecule has 0 aliphatic heterocycles. The summed E-state index contributed by atoms with van der Waals surface area (Å²) in [6, 6.07) is 2.13. The van der Waals surface area contributed by atoms with Crippen molar-refractivity contribution in [3.05, 3.63) is 42.8 Å². The lowest BCUT2D eigenvalue weighted by molar-refractivity contribution is -0.393. The van der Waals surface area contributed by atoms with E-state index in [4.69, 9.17) is 12.2 Å². The first-order valence-corrected chi connectivity index (χ1v) is 5.54.